The Bertz CT molecular complexity index is 803. The summed E-state index contributed by atoms with van der Waals surface area (Å²) in [6, 6.07) is 6.52. The van der Waals surface area contributed by atoms with E-state index in [-0.39, 0.29) is 11.6 Å². The van der Waals surface area contributed by atoms with Crippen molar-refractivity contribution in [2.75, 3.05) is 5.32 Å². The quantitative estimate of drug-likeness (QED) is 0.216. The topological polar surface area (TPSA) is 42.0 Å². The van der Waals surface area contributed by atoms with E-state index < -0.39 is 5.82 Å². The van der Waals surface area contributed by atoms with Crippen molar-refractivity contribution in [1.29, 1.82) is 0 Å². The molecule has 2 rings (SSSR count). The lowest BCUT2D eigenvalue weighted by Crippen LogP contribution is -2.12. The predicted octanol–water partition coefficient (Wildman–Crippen LogP) is 8.35. The Morgan fingerprint density at radius 3 is 2.26 bits per heavy atom. The number of pyridine rings is 1. The van der Waals surface area contributed by atoms with Crippen LogP contribution in [0, 0.1) is 5.82 Å². The standard InChI is InChI=1S/C27H39FN2O/c1-2-3-4-5-6-7-8-9-10-11-12-13-14-15-16-19-26(31)30-27-23-18-17-22-29-25(23)21-20-24(27)28/h9-10,17-18,20-22H,2-8,11-16,19H2,1H3,(H,30,31)/b10-9+. The second kappa shape index (κ2) is 15.6. The van der Waals surface area contributed by atoms with Crippen molar-refractivity contribution < 1.29 is 9.18 Å². The summed E-state index contributed by atoms with van der Waals surface area (Å²) in [7, 11) is 0. The van der Waals surface area contributed by atoms with Gasteiger partial charge in [-0.05, 0) is 56.4 Å². The molecule has 0 unspecified atom stereocenters. The summed E-state index contributed by atoms with van der Waals surface area (Å²) in [5, 5.41) is 3.38. The number of carbonyl (C=O) groups is 1. The van der Waals surface area contributed by atoms with Crippen molar-refractivity contribution in [2.24, 2.45) is 0 Å². The number of aromatic nitrogens is 1. The van der Waals surface area contributed by atoms with Crippen molar-refractivity contribution in [3.63, 3.8) is 0 Å². The zero-order valence-electron chi connectivity index (χ0n) is 19.2. The van der Waals surface area contributed by atoms with Crippen molar-refractivity contribution in [1.82, 2.24) is 4.98 Å². The summed E-state index contributed by atoms with van der Waals surface area (Å²) in [5.41, 5.74) is 0.920. The zero-order valence-corrected chi connectivity index (χ0v) is 19.2. The van der Waals surface area contributed by atoms with Crippen LogP contribution in [0.1, 0.15) is 96.8 Å². The number of hydrogen-bond acceptors (Lipinski definition) is 2. The smallest absolute Gasteiger partial charge is 0.224 e. The average molecular weight is 427 g/mol. The molecule has 1 aromatic heterocycles. The van der Waals surface area contributed by atoms with Crippen LogP contribution in [0.15, 0.2) is 42.6 Å². The molecular weight excluding hydrogens is 387 g/mol. The average Bonchev–Trinajstić information content (AvgIpc) is 2.78. The normalized spacial score (nSPS) is 11.4. The molecule has 0 fully saturated rings. The molecule has 0 spiro atoms. The molecule has 1 amide bonds. The Kier molecular flexibility index (Phi) is 12.6. The highest BCUT2D eigenvalue weighted by Crippen LogP contribution is 2.25. The Morgan fingerprint density at radius 1 is 0.903 bits per heavy atom. The van der Waals surface area contributed by atoms with Gasteiger partial charge in [-0.2, -0.15) is 0 Å². The molecule has 2 aromatic rings. The maximum absolute atomic E-state index is 14.2. The van der Waals surface area contributed by atoms with Gasteiger partial charge in [-0.15, -0.1) is 0 Å². The van der Waals surface area contributed by atoms with Crippen molar-refractivity contribution in [3.8, 4) is 0 Å². The molecule has 1 heterocycles. The predicted molar refractivity (Wildman–Crippen MR) is 130 cm³/mol. The lowest BCUT2D eigenvalue weighted by Gasteiger charge is -2.09. The highest BCUT2D eigenvalue weighted by molar-refractivity contribution is 6.01. The van der Waals surface area contributed by atoms with Gasteiger partial charge in [-0.25, -0.2) is 4.39 Å². The minimum atomic E-state index is -0.418. The van der Waals surface area contributed by atoms with Gasteiger partial charge in [0, 0.05) is 18.0 Å². The molecule has 0 aliphatic carbocycles. The van der Waals surface area contributed by atoms with Crippen molar-refractivity contribution >= 4 is 22.5 Å². The molecule has 4 heteroatoms. The number of allylic oxidation sites excluding steroid dienone is 2. The van der Waals surface area contributed by atoms with Crippen LogP contribution in [0.25, 0.3) is 10.9 Å². The summed E-state index contributed by atoms with van der Waals surface area (Å²) in [4.78, 5) is 16.4. The molecule has 170 valence electrons. The molecule has 0 bridgehead atoms. The number of rotatable bonds is 16. The molecule has 0 radical (unpaired) electrons. The third-order valence-electron chi connectivity index (χ3n) is 5.66. The van der Waals surface area contributed by atoms with Gasteiger partial charge in [0.25, 0.3) is 0 Å². The van der Waals surface area contributed by atoms with E-state index in [1.165, 1.54) is 63.9 Å². The van der Waals surface area contributed by atoms with E-state index in [9.17, 15) is 9.18 Å². The minimum Gasteiger partial charge on any atom is -0.323 e. The summed E-state index contributed by atoms with van der Waals surface area (Å²) >= 11 is 0. The molecule has 0 atom stereocenters. The fraction of sp³-hybridized carbons (Fsp3) is 0.556. The Balaban J connectivity index is 1.50. The van der Waals surface area contributed by atoms with Gasteiger partial charge in [-0.1, -0.05) is 70.4 Å². The van der Waals surface area contributed by atoms with Gasteiger partial charge in [0.15, 0.2) is 0 Å². The summed E-state index contributed by atoms with van der Waals surface area (Å²) < 4.78 is 14.2. The van der Waals surface area contributed by atoms with Crippen LogP contribution in [-0.4, -0.2) is 10.9 Å². The minimum absolute atomic E-state index is 0.132. The van der Waals surface area contributed by atoms with Gasteiger partial charge < -0.3 is 5.32 Å². The van der Waals surface area contributed by atoms with Crippen LogP contribution >= 0.6 is 0 Å². The first kappa shape index (κ1) is 25.0. The number of hydrogen-bond donors (Lipinski definition) is 1. The Labute approximate surface area is 187 Å². The third kappa shape index (κ3) is 10.1. The molecule has 0 saturated heterocycles. The van der Waals surface area contributed by atoms with E-state index in [2.05, 4.69) is 29.4 Å². The number of amides is 1. The van der Waals surface area contributed by atoms with Crippen LogP contribution in [-0.2, 0) is 4.79 Å². The van der Waals surface area contributed by atoms with Gasteiger partial charge in [-0.3, -0.25) is 9.78 Å². The number of unbranched alkanes of at least 4 members (excludes halogenated alkanes) is 11. The maximum Gasteiger partial charge on any atom is 0.224 e. The fourth-order valence-electron chi connectivity index (χ4n) is 3.81. The highest BCUT2D eigenvalue weighted by Gasteiger charge is 2.11. The molecule has 1 aromatic carbocycles. The Hall–Kier alpha value is -2.23. The van der Waals surface area contributed by atoms with Gasteiger partial charge in [0.2, 0.25) is 5.91 Å². The van der Waals surface area contributed by atoms with Gasteiger partial charge in [0.05, 0.1) is 11.2 Å². The summed E-state index contributed by atoms with van der Waals surface area (Å²) in [6.45, 7) is 2.26. The van der Waals surface area contributed by atoms with E-state index in [1.807, 2.05) is 0 Å². The molecule has 31 heavy (non-hydrogen) atoms. The lowest BCUT2D eigenvalue weighted by molar-refractivity contribution is -0.116. The second-order valence-electron chi connectivity index (χ2n) is 8.37. The van der Waals surface area contributed by atoms with Crippen LogP contribution in [0.2, 0.25) is 0 Å². The molecule has 0 saturated carbocycles. The highest BCUT2D eigenvalue weighted by atomic mass is 19.1. The Morgan fingerprint density at radius 2 is 1.55 bits per heavy atom. The molecule has 3 nitrogen and oxygen atoms in total. The van der Waals surface area contributed by atoms with Crippen LogP contribution in [0.4, 0.5) is 10.1 Å². The first-order valence-electron chi connectivity index (χ1n) is 12.2. The molecule has 1 N–H and O–H groups in total. The number of nitrogens with one attached hydrogen (secondary N) is 1. The van der Waals surface area contributed by atoms with Gasteiger partial charge >= 0.3 is 0 Å². The van der Waals surface area contributed by atoms with Crippen LogP contribution < -0.4 is 5.32 Å². The number of anilines is 1. The number of carbonyl (C=O) groups excluding carboxylic acids is 1. The molecule has 0 aliphatic heterocycles. The van der Waals surface area contributed by atoms with E-state index in [4.69, 9.17) is 0 Å². The van der Waals surface area contributed by atoms with Crippen molar-refractivity contribution in [3.05, 3.63) is 48.4 Å². The number of benzene rings is 1. The largest absolute Gasteiger partial charge is 0.323 e. The van der Waals surface area contributed by atoms with E-state index in [1.54, 1.807) is 24.4 Å². The zero-order chi connectivity index (χ0) is 22.2. The summed E-state index contributed by atoms with van der Waals surface area (Å²) in [5.74, 6) is -0.550. The third-order valence-corrected chi connectivity index (χ3v) is 5.66. The lowest BCUT2D eigenvalue weighted by atomic mass is 10.1. The SMILES string of the molecule is CCCCCCCC/C=C/CCCCCCCC(=O)Nc1c(F)ccc2ncccc12. The molecule has 0 aliphatic rings. The first-order chi connectivity index (χ1) is 15.2. The van der Waals surface area contributed by atoms with E-state index in [0.29, 0.717) is 17.3 Å². The monoisotopic (exact) mass is 426 g/mol. The van der Waals surface area contributed by atoms with Crippen molar-refractivity contribution in [2.45, 2.75) is 96.8 Å². The maximum atomic E-state index is 14.2. The van der Waals surface area contributed by atoms with E-state index >= 15 is 0 Å². The number of nitrogens with zero attached hydrogens (tertiary/aromatic N) is 1. The van der Waals surface area contributed by atoms with Crippen LogP contribution in [0.3, 0.4) is 0 Å². The fourth-order valence-corrected chi connectivity index (χ4v) is 3.81. The van der Waals surface area contributed by atoms with E-state index in [0.717, 1.165) is 25.7 Å². The van der Waals surface area contributed by atoms with Crippen LogP contribution in [0.5, 0.6) is 0 Å². The second-order valence-corrected chi connectivity index (χ2v) is 8.37. The summed E-state index contributed by atoms with van der Waals surface area (Å²) in [6.07, 6.45) is 22.7. The number of fused-ring (bicyclic) bond motifs is 1. The molecular formula is C27H39FN2O. The number of halogens is 1. The first-order valence-corrected chi connectivity index (χ1v) is 12.2. The van der Waals surface area contributed by atoms with Gasteiger partial charge in [0.1, 0.15) is 5.82 Å².